The Morgan fingerprint density at radius 1 is 1.12 bits per heavy atom. The molecule has 0 fully saturated rings. The first-order valence-corrected chi connectivity index (χ1v) is 7.95. The number of ether oxygens (including phenoxy) is 1. The average molecular weight is 345 g/mol. The smallest absolute Gasteiger partial charge is 0.258 e. The Kier molecular flexibility index (Phi) is 4.03. The van der Waals surface area contributed by atoms with Gasteiger partial charge in [0.25, 0.3) is 5.91 Å². The zero-order valence-electron chi connectivity index (χ0n) is 13.9. The van der Waals surface area contributed by atoms with Gasteiger partial charge in [0, 0.05) is 10.9 Å². The number of pyridine rings is 1. The summed E-state index contributed by atoms with van der Waals surface area (Å²) in [5.74, 6) is 0.773. The predicted molar refractivity (Wildman–Crippen MR) is 98.1 cm³/mol. The fraction of sp³-hybridized carbons (Fsp3) is 0.0526. The third-order valence-corrected chi connectivity index (χ3v) is 3.99. The number of carbonyl (C=O) groups excluding carboxylic acids is 1. The van der Waals surface area contributed by atoms with Crippen LogP contribution in [0.25, 0.3) is 22.2 Å². The van der Waals surface area contributed by atoms with Gasteiger partial charge in [0.15, 0.2) is 0 Å². The lowest BCUT2D eigenvalue weighted by Gasteiger charge is -2.10. The average Bonchev–Trinajstić information content (AvgIpc) is 3.20. The van der Waals surface area contributed by atoms with Gasteiger partial charge >= 0.3 is 0 Å². The third kappa shape index (κ3) is 2.98. The molecule has 2 aromatic carbocycles. The molecular formula is C19H15N5O2. The number of hydrogen-bond donors (Lipinski definition) is 2. The van der Waals surface area contributed by atoms with Gasteiger partial charge < -0.3 is 4.74 Å². The Bertz CT molecular complexity index is 1060. The number of aromatic nitrogens is 4. The van der Waals surface area contributed by atoms with E-state index in [1.807, 2.05) is 48.5 Å². The van der Waals surface area contributed by atoms with E-state index in [1.165, 1.54) is 6.33 Å². The number of methoxy groups -OCH3 is 1. The summed E-state index contributed by atoms with van der Waals surface area (Å²) in [4.78, 5) is 21.4. The number of nitrogens with one attached hydrogen (secondary N) is 2. The maximum atomic E-state index is 12.8. The van der Waals surface area contributed by atoms with Gasteiger partial charge in [0.05, 0.1) is 23.9 Å². The van der Waals surface area contributed by atoms with E-state index in [4.69, 9.17) is 4.74 Å². The van der Waals surface area contributed by atoms with Gasteiger partial charge in [-0.25, -0.2) is 10.1 Å². The normalized spacial score (nSPS) is 10.7. The summed E-state index contributed by atoms with van der Waals surface area (Å²) < 4.78 is 5.20. The van der Waals surface area contributed by atoms with Crippen molar-refractivity contribution < 1.29 is 9.53 Å². The quantitative estimate of drug-likeness (QED) is 0.592. The molecule has 0 unspecified atom stereocenters. The van der Waals surface area contributed by atoms with Crippen molar-refractivity contribution in [3.8, 4) is 17.0 Å². The fourth-order valence-corrected chi connectivity index (χ4v) is 2.71. The number of aromatic amines is 1. The first-order chi connectivity index (χ1) is 12.7. The highest BCUT2D eigenvalue weighted by molar-refractivity contribution is 6.12. The number of benzene rings is 2. The molecule has 128 valence electrons. The largest absolute Gasteiger partial charge is 0.497 e. The molecule has 7 heteroatoms. The molecule has 4 aromatic rings. The molecular weight excluding hydrogens is 330 g/mol. The number of H-pyrrole nitrogens is 1. The number of amides is 1. The van der Waals surface area contributed by atoms with E-state index in [0.717, 1.165) is 22.2 Å². The predicted octanol–water partition coefficient (Wildman–Crippen LogP) is 3.28. The molecule has 2 aromatic heterocycles. The summed E-state index contributed by atoms with van der Waals surface area (Å²) in [6.07, 6.45) is 1.34. The minimum absolute atomic E-state index is 0.282. The van der Waals surface area contributed by atoms with E-state index in [2.05, 4.69) is 25.5 Å². The molecule has 4 rings (SSSR count). The van der Waals surface area contributed by atoms with Crippen LogP contribution in [0, 0.1) is 0 Å². The lowest BCUT2D eigenvalue weighted by atomic mass is 10.0. The van der Waals surface area contributed by atoms with Crippen molar-refractivity contribution in [1.29, 1.82) is 0 Å². The molecule has 0 saturated carbocycles. The Morgan fingerprint density at radius 2 is 1.92 bits per heavy atom. The van der Waals surface area contributed by atoms with Crippen LogP contribution in [0.1, 0.15) is 10.4 Å². The summed E-state index contributed by atoms with van der Waals surface area (Å²) in [5.41, 5.74) is 2.85. The van der Waals surface area contributed by atoms with E-state index in [9.17, 15) is 4.79 Å². The minimum Gasteiger partial charge on any atom is -0.497 e. The Balaban J connectivity index is 1.81. The SMILES string of the molecule is COc1ccc(-c2cc(C(=O)Nc3ncn[nH]3)c3ccccc3n2)cc1. The number of carbonyl (C=O) groups is 1. The van der Waals surface area contributed by atoms with Gasteiger partial charge in [-0.2, -0.15) is 10.1 Å². The Morgan fingerprint density at radius 3 is 2.65 bits per heavy atom. The van der Waals surface area contributed by atoms with E-state index in [1.54, 1.807) is 13.2 Å². The minimum atomic E-state index is -0.282. The van der Waals surface area contributed by atoms with E-state index in [0.29, 0.717) is 17.2 Å². The van der Waals surface area contributed by atoms with Gasteiger partial charge in [0.1, 0.15) is 12.1 Å². The van der Waals surface area contributed by atoms with Crippen LogP contribution in [-0.2, 0) is 0 Å². The summed E-state index contributed by atoms with van der Waals surface area (Å²) in [6.45, 7) is 0. The number of nitrogens with zero attached hydrogens (tertiary/aromatic N) is 3. The van der Waals surface area contributed by atoms with Gasteiger partial charge in [-0.3, -0.25) is 10.1 Å². The Labute approximate surface area is 149 Å². The molecule has 1 amide bonds. The van der Waals surface area contributed by atoms with Crippen LogP contribution >= 0.6 is 0 Å². The van der Waals surface area contributed by atoms with Crippen molar-refractivity contribution in [2.75, 3.05) is 12.4 Å². The zero-order valence-corrected chi connectivity index (χ0v) is 13.9. The summed E-state index contributed by atoms with van der Waals surface area (Å²) in [7, 11) is 1.62. The molecule has 0 saturated heterocycles. The summed E-state index contributed by atoms with van der Waals surface area (Å²) in [5, 5.41) is 9.84. The lowest BCUT2D eigenvalue weighted by Crippen LogP contribution is -2.14. The van der Waals surface area contributed by atoms with Crippen LogP contribution in [0.3, 0.4) is 0 Å². The van der Waals surface area contributed by atoms with Crippen LogP contribution in [0.5, 0.6) is 5.75 Å². The summed E-state index contributed by atoms with van der Waals surface area (Å²) in [6, 6.07) is 16.8. The first kappa shape index (κ1) is 15.8. The van der Waals surface area contributed by atoms with Crippen molar-refractivity contribution in [3.05, 3.63) is 66.5 Å². The molecule has 0 spiro atoms. The number of anilines is 1. The highest BCUT2D eigenvalue weighted by Gasteiger charge is 2.15. The maximum Gasteiger partial charge on any atom is 0.258 e. The number of rotatable bonds is 4. The molecule has 2 heterocycles. The number of hydrogen-bond acceptors (Lipinski definition) is 5. The monoisotopic (exact) mass is 345 g/mol. The van der Waals surface area contributed by atoms with Gasteiger partial charge in [-0.05, 0) is 36.4 Å². The topological polar surface area (TPSA) is 92.8 Å². The molecule has 0 atom stereocenters. The van der Waals surface area contributed by atoms with E-state index >= 15 is 0 Å². The molecule has 0 aliphatic rings. The fourth-order valence-electron chi connectivity index (χ4n) is 2.71. The molecule has 7 nitrogen and oxygen atoms in total. The van der Waals surface area contributed by atoms with Gasteiger partial charge in [0.2, 0.25) is 5.95 Å². The van der Waals surface area contributed by atoms with Crippen LogP contribution < -0.4 is 10.1 Å². The number of para-hydroxylation sites is 1. The van der Waals surface area contributed by atoms with Crippen LogP contribution in [-0.4, -0.2) is 33.2 Å². The van der Waals surface area contributed by atoms with E-state index < -0.39 is 0 Å². The van der Waals surface area contributed by atoms with Crippen molar-refractivity contribution in [3.63, 3.8) is 0 Å². The van der Waals surface area contributed by atoms with Crippen molar-refractivity contribution in [2.24, 2.45) is 0 Å². The molecule has 0 bridgehead atoms. The van der Waals surface area contributed by atoms with Gasteiger partial charge in [-0.15, -0.1) is 0 Å². The molecule has 0 aliphatic heterocycles. The maximum absolute atomic E-state index is 12.8. The van der Waals surface area contributed by atoms with Crippen LogP contribution in [0.4, 0.5) is 5.95 Å². The molecule has 2 N–H and O–H groups in total. The van der Waals surface area contributed by atoms with E-state index in [-0.39, 0.29) is 5.91 Å². The standard InChI is InChI=1S/C19H15N5O2/c1-26-13-8-6-12(7-9-13)17-10-15(14-4-2-3-5-16(14)22-17)18(25)23-19-20-11-21-24-19/h2-11H,1H3,(H2,20,21,23,24,25). The van der Waals surface area contributed by atoms with Crippen LogP contribution in [0.2, 0.25) is 0 Å². The molecule has 0 aliphatic carbocycles. The second-order valence-electron chi connectivity index (χ2n) is 5.59. The van der Waals surface area contributed by atoms with Gasteiger partial charge in [-0.1, -0.05) is 18.2 Å². The van der Waals surface area contributed by atoms with Crippen molar-refractivity contribution in [2.45, 2.75) is 0 Å². The first-order valence-electron chi connectivity index (χ1n) is 7.95. The molecule has 26 heavy (non-hydrogen) atoms. The van der Waals surface area contributed by atoms with Crippen molar-refractivity contribution >= 4 is 22.8 Å². The third-order valence-electron chi connectivity index (χ3n) is 3.99. The second kappa shape index (κ2) is 6.64. The highest BCUT2D eigenvalue weighted by atomic mass is 16.5. The van der Waals surface area contributed by atoms with Crippen LogP contribution in [0.15, 0.2) is 60.9 Å². The highest BCUT2D eigenvalue weighted by Crippen LogP contribution is 2.26. The number of fused-ring (bicyclic) bond motifs is 1. The molecule has 0 radical (unpaired) electrons. The summed E-state index contributed by atoms with van der Waals surface area (Å²) >= 11 is 0. The van der Waals surface area contributed by atoms with Crippen molar-refractivity contribution in [1.82, 2.24) is 20.2 Å². The lowest BCUT2D eigenvalue weighted by molar-refractivity contribution is 0.102. The second-order valence-corrected chi connectivity index (χ2v) is 5.59. The Hall–Kier alpha value is -3.74. The zero-order chi connectivity index (χ0) is 17.9.